The highest BCUT2D eigenvalue weighted by molar-refractivity contribution is 5.85. The summed E-state index contributed by atoms with van der Waals surface area (Å²) >= 11 is 0. The maximum Gasteiger partial charge on any atom is 0.0425 e. The van der Waals surface area contributed by atoms with E-state index < -0.39 is 0 Å². The van der Waals surface area contributed by atoms with Gasteiger partial charge >= 0.3 is 0 Å². The average molecular weight is 174 g/mol. The van der Waals surface area contributed by atoms with Gasteiger partial charge in [-0.3, -0.25) is 0 Å². The van der Waals surface area contributed by atoms with Crippen LogP contribution in [0.15, 0.2) is 41.3 Å². The molecule has 0 aromatic carbocycles. The van der Waals surface area contributed by atoms with E-state index in [9.17, 15) is 0 Å². The number of hydrazone groups is 1. The molecule has 2 heteroatoms. The summed E-state index contributed by atoms with van der Waals surface area (Å²) in [4.78, 5) is 0. The van der Waals surface area contributed by atoms with E-state index in [-0.39, 0.29) is 0 Å². The number of hydrogen-bond donors (Lipinski definition) is 0. The van der Waals surface area contributed by atoms with Crippen molar-refractivity contribution in [2.75, 3.05) is 0 Å². The summed E-state index contributed by atoms with van der Waals surface area (Å²) in [6, 6.07) is 0. The fourth-order valence-electron chi connectivity index (χ4n) is 1.68. The largest absolute Gasteiger partial charge is 0.242 e. The third kappa shape index (κ3) is 1.57. The molecule has 0 spiro atoms. The van der Waals surface area contributed by atoms with Crippen LogP contribution in [0.3, 0.4) is 0 Å². The fraction of sp³-hybridized carbons (Fsp3) is 0.364. The van der Waals surface area contributed by atoms with E-state index in [0.29, 0.717) is 0 Å². The Balaban J connectivity index is 2.21. The lowest BCUT2D eigenvalue weighted by molar-refractivity contribution is 0.452. The molecular formula is C11H14N2. The number of allylic oxidation sites excluding steroid dienone is 5. The van der Waals surface area contributed by atoms with E-state index in [2.05, 4.69) is 29.9 Å². The summed E-state index contributed by atoms with van der Waals surface area (Å²) in [6.45, 7) is 6.05. The maximum absolute atomic E-state index is 4.44. The molecule has 0 saturated carbocycles. The summed E-state index contributed by atoms with van der Waals surface area (Å²) in [5, 5.41) is 6.43. The van der Waals surface area contributed by atoms with Crippen LogP contribution in [0, 0.1) is 0 Å². The minimum Gasteiger partial charge on any atom is -0.242 e. The summed E-state index contributed by atoms with van der Waals surface area (Å²) < 4.78 is 0. The zero-order valence-electron chi connectivity index (χ0n) is 7.95. The SMILES string of the molecule is C=C1CC(C)=NN1C1=CC=CCC1. The molecule has 0 saturated heterocycles. The van der Waals surface area contributed by atoms with Gasteiger partial charge in [-0.15, -0.1) is 0 Å². The van der Waals surface area contributed by atoms with Crippen LogP contribution in [-0.4, -0.2) is 10.7 Å². The molecule has 0 N–H and O–H groups in total. The van der Waals surface area contributed by atoms with Gasteiger partial charge in [-0.25, -0.2) is 5.01 Å². The van der Waals surface area contributed by atoms with Crippen molar-refractivity contribution < 1.29 is 0 Å². The molecular weight excluding hydrogens is 160 g/mol. The van der Waals surface area contributed by atoms with E-state index in [1.54, 1.807) is 0 Å². The first-order valence-electron chi connectivity index (χ1n) is 4.65. The van der Waals surface area contributed by atoms with Crippen molar-refractivity contribution in [1.29, 1.82) is 0 Å². The van der Waals surface area contributed by atoms with Crippen molar-refractivity contribution in [2.24, 2.45) is 5.10 Å². The minimum absolute atomic E-state index is 0.918. The number of nitrogens with zero attached hydrogens (tertiary/aromatic N) is 2. The van der Waals surface area contributed by atoms with Crippen molar-refractivity contribution in [3.63, 3.8) is 0 Å². The zero-order valence-corrected chi connectivity index (χ0v) is 7.95. The van der Waals surface area contributed by atoms with Crippen molar-refractivity contribution in [3.05, 3.63) is 36.2 Å². The highest BCUT2D eigenvalue weighted by atomic mass is 15.5. The van der Waals surface area contributed by atoms with E-state index in [1.807, 2.05) is 11.9 Å². The van der Waals surface area contributed by atoms with Crippen molar-refractivity contribution in [3.8, 4) is 0 Å². The van der Waals surface area contributed by atoms with Gasteiger partial charge in [-0.05, 0) is 25.8 Å². The van der Waals surface area contributed by atoms with Gasteiger partial charge in [0.2, 0.25) is 0 Å². The molecule has 0 amide bonds. The van der Waals surface area contributed by atoms with Crippen LogP contribution in [-0.2, 0) is 0 Å². The molecule has 2 rings (SSSR count). The molecule has 0 radical (unpaired) electrons. The summed E-state index contributed by atoms with van der Waals surface area (Å²) in [5.41, 5.74) is 3.52. The van der Waals surface area contributed by atoms with Crippen molar-refractivity contribution in [1.82, 2.24) is 5.01 Å². The van der Waals surface area contributed by atoms with Gasteiger partial charge in [0.15, 0.2) is 0 Å². The van der Waals surface area contributed by atoms with E-state index in [0.717, 1.165) is 30.7 Å². The molecule has 2 aliphatic rings. The first-order valence-corrected chi connectivity index (χ1v) is 4.65. The predicted octanol–water partition coefficient (Wildman–Crippen LogP) is 2.82. The zero-order chi connectivity index (χ0) is 9.26. The van der Waals surface area contributed by atoms with Crippen LogP contribution in [0.2, 0.25) is 0 Å². The quantitative estimate of drug-likeness (QED) is 0.596. The second kappa shape index (κ2) is 3.21. The molecule has 0 atom stereocenters. The molecule has 2 nitrogen and oxygen atoms in total. The van der Waals surface area contributed by atoms with Gasteiger partial charge in [-0.2, -0.15) is 5.10 Å². The van der Waals surface area contributed by atoms with Crippen molar-refractivity contribution in [2.45, 2.75) is 26.2 Å². The highest BCUT2D eigenvalue weighted by Crippen LogP contribution is 2.26. The van der Waals surface area contributed by atoms with Gasteiger partial charge in [0.1, 0.15) is 0 Å². The Bertz CT molecular complexity index is 321. The van der Waals surface area contributed by atoms with Crippen LogP contribution in [0.1, 0.15) is 26.2 Å². The Morgan fingerprint density at radius 2 is 2.38 bits per heavy atom. The Hall–Kier alpha value is -1.31. The molecule has 68 valence electrons. The summed E-state index contributed by atoms with van der Waals surface area (Å²) in [5.74, 6) is 0. The molecule has 1 aliphatic carbocycles. The van der Waals surface area contributed by atoms with Crippen LogP contribution in [0.5, 0.6) is 0 Å². The fourth-order valence-corrected chi connectivity index (χ4v) is 1.68. The minimum atomic E-state index is 0.918. The average Bonchev–Trinajstić information content (AvgIpc) is 2.47. The van der Waals surface area contributed by atoms with Crippen LogP contribution in [0.25, 0.3) is 0 Å². The second-order valence-corrected chi connectivity index (χ2v) is 3.51. The van der Waals surface area contributed by atoms with Crippen LogP contribution < -0.4 is 0 Å². The molecule has 1 heterocycles. The first kappa shape index (κ1) is 8.30. The topological polar surface area (TPSA) is 15.6 Å². The molecule has 0 unspecified atom stereocenters. The summed E-state index contributed by atoms with van der Waals surface area (Å²) in [7, 11) is 0. The standard InChI is InChI=1S/C11H14N2/c1-9-8-10(2)13(12-9)11-6-4-3-5-7-11/h3-4,6H,2,5,7-8H2,1H3. The second-order valence-electron chi connectivity index (χ2n) is 3.51. The molecule has 0 aromatic rings. The van der Waals surface area contributed by atoms with Crippen LogP contribution in [0.4, 0.5) is 0 Å². The molecule has 1 aliphatic heterocycles. The maximum atomic E-state index is 4.44. The third-order valence-corrected chi connectivity index (χ3v) is 2.29. The normalized spacial score (nSPS) is 21.9. The lowest BCUT2D eigenvalue weighted by Gasteiger charge is -2.20. The Morgan fingerprint density at radius 3 is 2.92 bits per heavy atom. The van der Waals surface area contributed by atoms with E-state index in [4.69, 9.17) is 0 Å². The molecule has 13 heavy (non-hydrogen) atoms. The molecule has 0 aromatic heterocycles. The monoisotopic (exact) mass is 174 g/mol. The Morgan fingerprint density at radius 1 is 1.54 bits per heavy atom. The lowest BCUT2D eigenvalue weighted by atomic mass is 10.1. The highest BCUT2D eigenvalue weighted by Gasteiger charge is 2.19. The van der Waals surface area contributed by atoms with Gasteiger partial charge in [0, 0.05) is 23.5 Å². The molecule has 0 fully saturated rings. The van der Waals surface area contributed by atoms with Gasteiger partial charge < -0.3 is 0 Å². The van der Waals surface area contributed by atoms with Gasteiger partial charge in [-0.1, -0.05) is 18.7 Å². The Kier molecular flexibility index (Phi) is 2.05. The molecule has 0 bridgehead atoms. The lowest BCUT2D eigenvalue weighted by Crippen LogP contribution is -2.11. The van der Waals surface area contributed by atoms with E-state index >= 15 is 0 Å². The van der Waals surface area contributed by atoms with Crippen molar-refractivity contribution >= 4 is 5.71 Å². The number of rotatable bonds is 1. The van der Waals surface area contributed by atoms with E-state index in [1.165, 1.54) is 5.70 Å². The predicted molar refractivity (Wildman–Crippen MR) is 55.2 cm³/mol. The van der Waals surface area contributed by atoms with Crippen LogP contribution >= 0.6 is 0 Å². The van der Waals surface area contributed by atoms with Gasteiger partial charge in [0.25, 0.3) is 0 Å². The Labute approximate surface area is 78.9 Å². The van der Waals surface area contributed by atoms with Gasteiger partial charge in [0.05, 0.1) is 0 Å². The third-order valence-electron chi connectivity index (χ3n) is 2.29. The summed E-state index contributed by atoms with van der Waals surface area (Å²) in [6.07, 6.45) is 9.50. The first-order chi connectivity index (χ1) is 6.27. The smallest absolute Gasteiger partial charge is 0.0425 e. The number of hydrogen-bond acceptors (Lipinski definition) is 2.